The Kier molecular flexibility index (Phi) is 5.55. The maximum Gasteiger partial charge on any atom is 0.309 e. The highest BCUT2D eigenvalue weighted by atomic mass is 32.2. The van der Waals surface area contributed by atoms with E-state index in [1.807, 2.05) is 13.8 Å². The summed E-state index contributed by atoms with van der Waals surface area (Å²) in [4.78, 5) is 25.9. The minimum absolute atomic E-state index is 0.0224. The molecule has 2 aliphatic heterocycles. The molecular weight excluding hydrogens is 380 g/mol. The number of hydrogen-bond acceptors (Lipinski definition) is 5. The van der Waals surface area contributed by atoms with Gasteiger partial charge in [0.1, 0.15) is 0 Å². The van der Waals surface area contributed by atoms with Crippen LogP contribution in [0, 0.1) is 5.92 Å². The first-order chi connectivity index (χ1) is 13.1. The van der Waals surface area contributed by atoms with E-state index in [2.05, 4.69) is 0 Å². The largest absolute Gasteiger partial charge is 0.466 e. The molecule has 1 saturated heterocycles. The average Bonchev–Trinajstić information content (AvgIpc) is 2.66. The van der Waals surface area contributed by atoms with Gasteiger partial charge in [-0.1, -0.05) is 13.8 Å². The lowest BCUT2D eigenvalue weighted by atomic mass is 9.77. The molecule has 0 unspecified atom stereocenters. The molecule has 0 saturated carbocycles. The lowest BCUT2D eigenvalue weighted by Gasteiger charge is -2.37. The fraction of sp³-hybridized carbons (Fsp3) is 0.600. The van der Waals surface area contributed by atoms with E-state index in [1.165, 1.54) is 4.31 Å². The van der Waals surface area contributed by atoms with E-state index in [0.29, 0.717) is 39.0 Å². The van der Waals surface area contributed by atoms with E-state index < -0.39 is 15.4 Å². The van der Waals surface area contributed by atoms with Crippen LogP contribution in [0.2, 0.25) is 0 Å². The first kappa shape index (κ1) is 20.8. The molecule has 28 heavy (non-hydrogen) atoms. The molecule has 0 aromatic heterocycles. The molecule has 0 radical (unpaired) electrons. The average molecular weight is 409 g/mol. The van der Waals surface area contributed by atoms with Gasteiger partial charge in [-0.25, -0.2) is 8.42 Å². The number of ether oxygens (including phenoxy) is 1. The Labute approximate surface area is 166 Å². The summed E-state index contributed by atoms with van der Waals surface area (Å²) in [5.74, 6) is -0.467. The molecule has 0 spiro atoms. The summed E-state index contributed by atoms with van der Waals surface area (Å²) < 4.78 is 32.8. The molecule has 3 rings (SSSR count). The number of sulfonamides is 1. The van der Waals surface area contributed by atoms with Gasteiger partial charge < -0.3 is 9.64 Å². The molecule has 1 amide bonds. The van der Waals surface area contributed by atoms with Crippen molar-refractivity contribution in [2.75, 3.05) is 31.6 Å². The quantitative estimate of drug-likeness (QED) is 0.714. The van der Waals surface area contributed by atoms with Crippen LogP contribution in [0.4, 0.5) is 5.69 Å². The van der Waals surface area contributed by atoms with Crippen LogP contribution in [0.5, 0.6) is 0 Å². The minimum atomic E-state index is -3.66. The second-order valence-corrected chi connectivity index (χ2v) is 10.1. The number of carbonyl (C=O) groups excluding carboxylic acids is 2. The van der Waals surface area contributed by atoms with Crippen molar-refractivity contribution in [2.45, 2.75) is 50.3 Å². The van der Waals surface area contributed by atoms with Crippen LogP contribution < -0.4 is 4.90 Å². The maximum absolute atomic E-state index is 13.2. The minimum Gasteiger partial charge on any atom is -0.466 e. The van der Waals surface area contributed by atoms with Crippen molar-refractivity contribution in [1.82, 2.24) is 4.31 Å². The number of piperidine rings is 1. The van der Waals surface area contributed by atoms with Gasteiger partial charge in [0.15, 0.2) is 0 Å². The molecule has 1 fully saturated rings. The molecule has 1 aromatic carbocycles. The highest BCUT2D eigenvalue weighted by Gasteiger charge is 2.38. The van der Waals surface area contributed by atoms with Crippen molar-refractivity contribution < 1.29 is 22.7 Å². The number of benzene rings is 1. The number of esters is 1. The molecular formula is C20H28N2O5S. The number of amides is 1. The summed E-state index contributed by atoms with van der Waals surface area (Å²) in [5, 5.41) is 0. The highest BCUT2D eigenvalue weighted by molar-refractivity contribution is 7.89. The predicted octanol–water partition coefficient (Wildman–Crippen LogP) is 2.29. The van der Waals surface area contributed by atoms with E-state index >= 15 is 0 Å². The lowest BCUT2D eigenvalue weighted by molar-refractivity contribution is -0.149. The topological polar surface area (TPSA) is 84.0 Å². The van der Waals surface area contributed by atoms with Crippen molar-refractivity contribution >= 4 is 27.6 Å². The van der Waals surface area contributed by atoms with Crippen molar-refractivity contribution in [2.24, 2.45) is 5.92 Å². The SMILES string of the molecule is CCOC(=O)C1CCN(S(=O)(=O)c2ccc3c(c2)C(C)(C)CC(=O)N3C)CC1. The third-order valence-corrected chi connectivity index (χ3v) is 7.63. The molecule has 8 heteroatoms. The Bertz CT molecular complexity index is 886. The molecule has 0 aliphatic carbocycles. The summed E-state index contributed by atoms with van der Waals surface area (Å²) in [5.41, 5.74) is 1.18. The van der Waals surface area contributed by atoms with Gasteiger partial charge in [-0.2, -0.15) is 4.31 Å². The highest BCUT2D eigenvalue weighted by Crippen LogP contribution is 2.41. The molecule has 7 nitrogen and oxygen atoms in total. The Morgan fingerprint density at radius 2 is 1.89 bits per heavy atom. The van der Waals surface area contributed by atoms with Gasteiger partial charge >= 0.3 is 5.97 Å². The van der Waals surface area contributed by atoms with Crippen LogP contribution in [0.1, 0.15) is 45.6 Å². The summed E-state index contributed by atoms with van der Waals surface area (Å²) in [6.07, 6.45) is 1.27. The normalized spacial score (nSPS) is 20.7. The number of nitrogens with zero attached hydrogens (tertiary/aromatic N) is 2. The third-order valence-electron chi connectivity index (χ3n) is 5.74. The number of carbonyl (C=O) groups is 2. The summed E-state index contributed by atoms with van der Waals surface area (Å²) in [7, 11) is -1.95. The summed E-state index contributed by atoms with van der Waals surface area (Å²) in [6, 6.07) is 4.98. The number of anilines is 1. The van der Waals surface area contributed by atoms with E-state index in [0.717, 1.165) is 11.3 Å². The fourth-order valence-corrected chi connectivity index (χ4v) is 5.47. The second-order valence-electron chi connectivity index (χ2n) is 8.12. The van der Waals surface area contributed by atoms with Gasteiger partial charge in [-0.15, -0.1) is 0 Å². The molecule has 0 bridgehead atoms. The van der Waals surface area contributed by atoms with Crippen LogP contribution in [-0.2, 0) is 29.8 Å². The Hall–Kier alpha value is -1.93. The molecule has 0 atom stereocenters. The lowest BCUT2D eigenvalue weighted by Crippen LogP contribution is -2.41. The zero-order chi connectivity index (χ0) is 20.7. The fourth-order valence-electron chi connectivity index (χ4n) is 3.98. The Morgan fingerprint density at radius 1 is 1.25 bits per heavy atom. The smallest absolute Gasteiger partial charge is 0.309 e. The van der Waals surface area contributed by atoms with Crippen LogP contribution in [0.15, 0.2) is 23.1 Å². The predicted molar refractivity (Wildman–Crippen MR) is 106 cm³/mol. The van der Waals surface area contributed by atoms with Crippen LogP contribution in [-0.4, -0.2) is 51.3 Å². The van der Waals surface area contributed by atoms with E-state index in [4.69, 9.17) is 4.74 Å². The second kappa shape index (κ2) is 7.48. The van der Waals surface area contributed by atoms with Crippen molar-refractivity contribution in [3.63, 3.8) is 0 Å². The third kappa shape index (κ3) is 3.67. The number of hydrogen-bond donors (Lipinski definition) is 0. The number of rotatable bonds is 4. The molecule has 2 heterocycles. The van der Waals surface area contributed by atoms with Crippen molar-refractivity contribution in [3.05, 3.63) is 23.8 Å². The molecule has 154 valence electrons. The van der Waals surface area contributed by atoms with Crippen LogP contribution in [0.25, 0.3) is 0 Å². The summed E-state index contributed by atoms with van der Waals surface area (Å²) in [6.45, 7) is 6.60. The zero-order valence-corrected chi connectivity index (χ0v) is 17.7. The van der Waals surface area contributed by atoms with Crippen LogP contribution >= 0.6 is 0 Å². The first-order valence-corrected chi connectivity index (χ1v) is 11.1. The Balaban J connectivity index is 1.84. The van der Waals surface area contributed by atoms with E-state index in [1.54, 1.807) is 37.1 Å². The van der Waals surface area contributed by atoms with Crippen molar-refractivity contribution in [3.8, 4) is 0 Å². The first-order valence-electron chi connectivity index (χ1n) is 9.66. The van der Waals surface area contributed by atoms with Gasteiger partial charge in [0.05, 0.1) is 17.4 Å². The molecule has 0 N–H and O–H groups in total. The molecule has 1 aromatic rings. The standard InChI is InChI=1S/C20H28N2O5S/c1-5-27-19(24)14-8-10-22(11-9-14)28(25,26)15-6-7-17-16(12-15)20(2,3)13-18(23)21(17)4/h6-7,12,14H,5,8-11,13H2,1-4H3. The Morgan fingerprint density at radius 3 is 2.50 bits per heavy atom. The molecule has 2 aliphatic rings. The van der Waals surface area contributed by atoms with Gasteiger partial charge in [0.2, 0.25) is 15.9 Å². The number of fused-ring (bicyclic) bond motifs is 1. The zero-order valence-electron chi connectivity index (χ0n) is 16.9. The summed E-state index contributed by atoms with van der Waals surface area (Å²) >= 11 is 0. The van der Waals surface area contributed by atoms with Gasteiger partial charge in [-0.3, -0.25) is 9.59 Å². The van der Waals surface area contributed by atoms with Crippen LogP contribution in [0.3, 0.4) is 0 Å². The van der Waals surface area contributed by atoms with E-state index in [9.17, 15) is 18.0 Å². The van der Waals surface area contributed by atoms with Gasteiger partial charge in [0.25, 0.3) is 0 Å². The van der Waals surface area contributed by atoms with Gasteiger partial charge in [0, 0.05) is 37.7 Å². The maximum atomic E-state index is 13.2. The van der Waals surface area contributed by atoms with E-state index in [-0.39, 0.29) is 22.7 Å². The van der Waals surface area contributed by atoms with Gasteiger partial charge in [-0.05, 0) is 43.5 Å². The van der Waals surface area contributed by atoms with Crippen molar-refractivity contribution in [1.29, 1.82) is 0 Å². The monoisotopic (exact) mass is 408 g/mol.